The molecule has 3 aliphatic rings. The Labute approximate surface area is 223 Å². The molecule has 9 nitrogen and oxygen atoms in total. The topological polar surface area (TPSA) is 101 Å². The summed E-state index contributed by atoms with van der Waals surface area (Å²) in [6.45, 7) is -0.0268. The van der Waals surface area contributed by atoms with Crippen molar-refractivity contribution in [2.24, 2.45) is 0 Å². The molecule has 2 amide bonds. The normalized spacial score (nSPS) is 24.3. The summed E-state index contributed by atoms with van der Waals surface area (Å²) in [5.41, 5.74) is -3.17. The van der Waals surface area contributed by atoms with Crippen molar-refractivity contribution < 1.29 is 27.5 Å². The lowest BCUT2D eigenvalue weighted by Gasteiger charge is -2.45. The standard InChI is InChI=1S/C22H23F4IN7O2P/c23-19(1-2-19)12-32-9-13-8-28-15(7-14(13)30-32)17-16(10-34(31-17)37-27)29-18(35)33-6-5-21(36,22(24,25)26)11-20(33)3-4-20/h7-10,36-37H,1-6,11-12H2,(H,29,35)/t21-/m1/s1. The third-order valence-electron chi connectivity index (χ3n) is 7.50. The van der Waals surface area contributed by atoms with E-state index >= 15 is 0 Å². The van der Waals surface area contributed by atoms with Crippen molar-refractivity contribution in [1.29, 1.82) is 0 Å². The van der Waals surface area contributed by atoms with Gasteiger partial charge in [-0.3, -0.25) is 9.67 Å². The first-order valence-electron chi connectivity index (χ1n) is 11.8. The van der Waals surface area contributed by atoms with Gasteiger partial charge in [-0.2, -0.15) is 23.4 Å². The molecule has 1 saturated heterocycles. The average molecular weight is 651 g/mol. The molecule has 2 N–H and O–H groups in total. The molecular formula is C22H23F4IN7O2P. The summed E-state index contributed by atoms with van der Waals surface area (Å²) in [6.07, 6.45) is 1.25. The molecule has 4 heterocycles. The molecule has 6 rings (SSSR count). The number of carbonyl (C=O) groups excluding carboxylic acids is 1. The first-order valence-corrected chi connectivity index (χ1v) is 15.9. The number of nitrogens with one attached hydrogen (secondary N) is 1. The van der Waals surface area contributed by atoms with E-state index in [9.17, 15) is 27.5 Å². The van der Waals surface area contributed by atoms with Gasteiger partial charge in [-0.1, -0.05) is 0 Å². The molecule has 15 heteroatoms. The van der Waals surface area contributed by atoms with E-state index in [1.807, 2.05) is 0 Å². The summed E-state index contributed by atoms with van der Waals surface area (Å²) in [5.74, 6) is 0. The van der Waals surface area contributed by atoms with E-state index in [1.54, 1.807) is 33.8 Å². The zero-order chi connectivity index (χ0) is 26.2. The number of amides is 2. The zero-order valence-corrected chi connectivity index (χ0v) is 22.6. The van der Waals surface area contributed by atoms with E-state index in [0.717, 1.165) is 5.39 Å². The van der Waals surface area contributed by atoms with Crippen LogP contribution in [0.2, 0.25) is 0 Å². The predicted molar refractivity (Wildman–Crippen MR) is 137 cm³/mol. The fourth-order valence-electron chi connectivity index (χ4n) is 5.06. The molecule has 1 unspecified atom stereocenters. The number of pyridine rings is 1. The Morgan fingerprint density at radius 2 is 1.95 bits per heavy atom. The number of alkyl halides is 4. The molecule has 3 aromatic rings. The van der Waals surface area contributed by atoms with E-state index in [-0.39, 0.29) is 19.5 Å². The van der Waals surface area contributed by atoms with Crippen molar-refractivity contribution in [2.75, 3.05) is 11.9 Å². The van der Waals surface area contributed by atoms with Crippen LogP contribution in [0.15, 0.2) is 24.7 Å². The van der Waals surface area contributed by atoms with Gasteiger partial charge < -0.3 is 15.3 Å². The van der Waals surface area contributed by atoms with Crippen LogP contribution in [-0.2, 0) is 6.54 Å². The highest BCUT2D eigenvalue weighted by atomic mass is 127. The van der Waals surface area contributed by atoms with Crippen LogP contribution in [0, 0.1) is 0 Å². The van der Waals surface area contributed by atoms with Crippen molar-refractivity contribution in [3.05, 3.63) is 24.7 Å². The number of likely N-dealkylation sites (tertiary alicyclic amines) is 1. The lowest BCUT2D eigenvalue weighted by Crippen LogP contribution is -2.60. The van der Waals surface area contributed by atoms with Gasteiger partial charge in [0.1, 0.15) is 11.4 Å². The molecule has 1 spiro atoms. The minimum absolute atomic E-state index is 0.184. The van der Waals surface area contributed by atoms with E-state index in [4.69, 9.17) is 0 Å². The van der Waals surface area contributed by atoms with E-state index in [0.29, 0.717) is 48.3 Å². The number of aliphatic hydroxyl groups is 1. The minimum atomic E-state index is -4.75. The Hall–Kier alpha value is -2.06. The van der Waals surface area contributed by atoms with Gasteiger partial charge in [0.25, 0.3) is 0 Å². The first-order chi connectivity index (χ1) is 17.4. The summed E-state index contributed by atoms with van der Waals surface area (Å²) < 4.78 is 57.7. The number of halogens is 5. The maximum Gasteiger partial charge on any atom is 0.417 e. The number of nitrogens with zero attached hydrogens (tertiary/aromatic N) is 6. The van der Waals surface area contributed by atoms with Crippen molar-refractivity contribution in [2.45, 2.75) is 68.1 Å². The zero-order valence-electron chi connectivity index (χ0n) is 19.4. The number of hydrogen-bond donors (Lipinski definition) is 2. The summed E-state index contributed by atoms with van der Waals surface area (Å²) in [4.78, 5) is 19.1. The molecule has 2 atom stereocenters. The van der Waals surface area contributed by atoms with Crippen molar-refractivity contribution >= 4 is 51.0 Å². The van der Waals surface area contributed by atoms with Gasteiger partial charge >= 0.3 is 12.2 Å². The van der Waals surface area contributed by atoms with Crippen LogP contribution in [0.1, 0.15) is 38.5 Å². The molecule has 3 aromatic heterocycles. The molecule has 1 aliphatic heterocycles. The number of aromatic nitrogens is 5. The van der Waals surface area contributed by atoms with E-state index in [2.05, 4.69) is 42.5 Å². The van der Waals surface area contributed by atoms with Gasteiger partial charge in [0.05, 0.1) is 36.0 Å². The quantitative estimate of drug-likeness (QED) is 0.229. The average Bonchev–Trinajstić information content (AvgIpc) is 3.65. The number of hydrogen-bond acceptors (Lipinski definition) is 5. The van der Waals surface area contributed by atoms with Crippen LogP contribution in [0.5, 0.6) is 0 Å². The highest BCUT2D eigenvalue weighted by molar-refractivity contribution is 14.2. The van der Waals surface area contributed by atoms with Crippen LogP contribution in [0.25, 0.3) is 22.3 Å². The maximum atomic E-state index is 14.2. The Morgan fingerprint density at radius 1 is 1.19 bits per heavy atom. The molecule has 2 saturated carbocycles. The SMILES string of the molecule is O=C(Nc1cn(PI)nc1-c1cc2nn(CC3(F)CC3)cc2cn1)N1CC[C@](O)(C(F)(F)F)CC12CC2. The smallest absolute Gasteiger partial charge is 0.380 e. The van der Waals surface area contributed by atoms with Crippen LogP contribution >= 0.6 is 28.4 Å². The van der Waals surface area contributed by atoms with Crippen molar-refractivity contribution in [3.63, 3.8) is 0 Å². The van der Waals surface area contributed by atoms with Crippen molar-refractivity contribution in [3.8, 4) is 11.4 Å². The molecule has 3 fully saturated rings. The van der Waals surface area contributed by atoms with Crippen LogP contribution in [0.4, 0.5) is 28.0 Å². The van der Waals surface area contributed by atoms with Gasteiger partial charge in [0, 0.05) is 42.7 Å². The van der Waals surface area contributed by atoms with Crippen LogP contribution in [-0.4, -0.2) is 69.9 Å². The first kappa shape index (κ1) is 25.2. The van der Waals surface area contributed by atoms with Gasteiger partial charge in [0.15, 0.2) is 5.60 Å². The maximum absolute atomic E-state index is 14.2. The van der Waals surface area contributed by atoms with Crippen molar-refractivity contribution in [1.82, 2.24) is 29.2 Å². The fraction of sp³-hybridized carbons (Fsp3) is 0.545. The van der Waals surface area contributed by atoms with E-state index < -0.39 is 41.9 Å². The van der Waals surface area contributed by atoms with Gasteiger partial charge in [0.2, 0.25) is 0 Å². The largest absolute Gasteiger partial charge is 0.417 e. The van der Waals surface area contributed by atoms with Gasteiger partial charge in [-0.05, 0) is 53.8 Å². The second-order valence-corrected chi connectivity index (χ2v) is 12.4. The second kappa shape index (κ2) is 8.47. The summed E-state index contributed by atoms with van der Waals surface area (Å²) >= 11 is 2.14. The Morgan fingerprint density at radius 3 is 2.59 bits per heavy atom. The highest BCUT2D eigenvalue weighted by Gasteiger charge is 2.65. The monoisotopic (exact) mass is 651 g/mol. The lowest BCUT2D eigenvalue weighted by atomic mass is 9.84. The Balaban J connectivity index is 1.25. The van der Waals surface area contributed by atoms with Crippen LogP contribution in [0.3, 0.4) is 0 Å². The molecule has 198 valence electrons. The molecule has 2 aliphatic carbocycles. The Kier molecular flexibility index (Phi) is 5.78. The number of urea groups is 1. The third kappa shape index (κ3) is 4.58. The third-order valence-corrected chi connectivity index (χ3v) is 9.39. The van der Waals surface area contributed by atoms with Crippen LogP contribution < -0.4 is 5.32 Å². The highest BCUT2D eigenvalue weighted by Crippen LogP contribution is 2.55. The molecular weight excluding hydrogens is 628 g/mol. The fourth-order valence-corrected chi connectivity index (χ4v) is 6.11. The van der Waals surface area contributed by atoms with Gasteiger partial charge in [-0.25, -0.2) is 13.6 Å². The predicted octanol–water partition coefficient (Wildman–Crippen LogP) is 5.04. The number of carbonyl (C=O) groups is 1. The molecule has 0 aromatic carbocycles. The second-order valence-electron chi connectivity index (χ2n) is 10.3. The summed E-state index contributed by atoms with van der Waals surface area (Å²) in [5, 5.41) is 22.8. The number of piperidine rings is 1. The summed E-state index contributed by atoms with van der Waals surface area (Å²) in [6, 6.07) is 1.18. The molecule has 0 bridgehead atoms. The molecule has 37 heavy (non-hydrogen) atoms. The number of rotatable bonds is 5. The number of anilines is 1. The summed E-state index contributed by atoms with van der Waals surface area (Å²) in [7, 11) is 0. The number of fused-ring (bicyclic) bond motifs is 1. The Bertz CT molecular complexity index is 1390. The van der Waals surface area contributed by atoms with Gasteiger partial charge in [-0.15, -0.1) is 0 Å². The molecule has 0 radical (unpaired) electrons. The minimum Gasteiger partial charge on any atom is -0.380 e. The lowest BCUT2D eigenvalue weighted by molar-refractivity contribution is -0.277. The van der Waals surface area contributed by atoms with E-state index in [1.165, 1.54) is 4.90 Å².